The smallest absolute Gasteiger partial charge is 0.315 e. The molecule has 7 heteroatoms. The molecule has 4 rings (SSSR count). The lowest BCUT2D eigenvalue weighted by molar-refractivity contribution is -0.144. The molecule has 1 aliphatic rings. The van der Waals surface area contributed by atoms with Gasteiger partial charge < -0.3 is 10.4 Å². The second kappa shape index (κ2) is 7.35. The SMILES string of the molecule is CC(C(=O)O)C(=O)Nc1ccc2c(=O)n3c(nc2c1)C(=Cc1ccccc1)CC3. The van der Waals surface area contributed by atoms with E-state index >= 15 is 0 Å². The Hall–Kier alpha value is -3.74. The number of anilines is 1. The first-order chi connectivity index (χ1) is 13.9. The summed E-state index contributed by atoms with van der Waals surface area (Å²) in [6.45, 7) is 1.89. The Morgan fingerprint density at radius 2 is 1.97 bits per heavy atom. The number of nitrogens with zero attached hydrogens (tertiary/aromatic N) is 2. The molecular formula is C22H19N3O4. The van der Waals surface area contributed by atoms with Crippen LogP contribution >= 0.6 is 0 Å². The van der Waals surface area contributed by atoms with Gasteiger partial charge >= 0.3 is 5.97 Å². The van der Waals surface area contributed by atoms with Gasteiger partial charge in [-0.05, 0) is 48.8 Å². The van der Waals surface area contributed by atoms with Crippen LogP contribution in [0.15, 0.2) is 53.3 Å². The number of hydrogen-bond acceptors (Lipinski definition) is 4. The maximum atomic E-state index is 12.9. The lowest BCUT2D eigenvalue weighted by Crippen LogP contribution is -2.27. The van der Waals surface area contributed by atoms with Gasteiger partial charge in [-0.1, -0.05) is 30.3 Å². The summed E-state index contributed by atoms with van der Waals surface area (Å²) in [7, 11) is 0. The van der Waals surface area contributed by atoms with E-state index in [-0.39, 0.29) is 5.56 Å². The van der Waals surface area contributed by atoms with Gasteiger partial charge in [0.1, 0.15) is 11.7 Å². The predicted molar refractivity (Wildman–Crippen MR) is 110 cm³/mol. The third-order valence-corrected chi connectivity index (χ3v) is 5.02. The van der Waals surface area contributed by atoms with E-state index in [9.17, 15) is 14.4 Å². The maximum Gasteiger partial charge on any atom is 0.315 e. The van der Waals surface area contributed by atoms with Crippen molar-refractivity contribution in [2.75, 3.05) is 5.32 Å². The fourth-order valence-electron chi connectivity index (χ4n) is 3.35. The van der Waals surface area contributed by atoms with E-state index in [0.717, 1.165) is 11.1 Å². The minimum absolute atomic E-state index is 0.127. The lowest BCUT2D eigenvalue weighted by Gasteiger charge is -2.10. The van der Waals surface area contributed by atoms with E-state index in [1.165, 1.54) is 6.92 Å². The summed E-state index contributed by atoms with van der Waals surface area (Å²) in [6.07, 6.45) is 2.74. The van der Waals surface area contributed by atoms with Crippen molar-refractivity contribution in [1.82, 2.24) is 9.55 Å². The number of carbonyl (C=O) groups excluding carboxylic acids is 1. The van der Waals surface area contributed by atoms with Crippen LogP contribution in [0.25, 0.3) is 22.6 Å². The average molecular weight is 389 g/mol. The number of aliphatic carboxylic acids is 1. The molecule has 29 heavy (non-hydrogen) atoms. The highest BCUT2D eigenvalue weighted by atomic mass is 16.4. The first-order valence-electron chi connectivity index (χ1n) is 9.28. The molecule has 2 N–H and O–H groups in total. The number of carboxylic acid groups (broad SMARTS) is 1. The van der Waals surface area contributed by atoms with E-state index in [1.54, 1.807) is 22.8 Å². The predicted octanol–water partition coefficient (Wildman–Crippen LogP) is 3.00. The van der Waals surface area contributed by atoms with E-state index in [1.807, 2.05) is 36.4 Å². The topological polar surface area (TPSA) is 101 Å². The molecule has 0 radical (unpaired) electrons. The van der Waals surface area contributed by atoms with Crippen molar-refractivity contribution < 1.29 is 14.7 Å². The second-order valence-corrected chi connectivity index (χ2v) is 7.00. The van der Waals surface area contributed by atoms with E-state index in [2.05, 4.69) is 10.3 Å². The van der Waals surface area contributed by atoms with Gasteiger partial charge in [-0.25, -0.2) is 4.98 Å². The fourth-order valence-corrected chi connectivity index (χ4v) is 3.35. The zero-order chi connectivity index (χ0) is 20.5. The summed E-state index contributed by atoms with van der Waals surface area (Å²) in [6, 6.07) is 14.6. The summed E-state index contributed by atoms with van der Waals surface area (Å²) in [5.74, 6) is -2.38. The van der Waals surface area contributed by atoms with Gasteiger partial charge in [-0.15, -0.1) is 0 Å². The number of hydrogen-bond donors (Lipinski definition) is 2. The quantitative estimate of drug-likeness (QED) is 0.668. The molecule has 1 atom stereocenters. The monoisotopic (exact) mass is 389 g/mol. The van der Waals surface area contributed by atoms with Gasteiger partial charge in [-0.3, -0.25) is 19.0 Å². The molecule has 7 nitrogen and oxygen atoms in total. The molecule has 1 aliphatic heterocycles. The molecule has 0 aliphatic carbocycles. The summed E-state index contributed by atoms with van der Waals surface area (Å²) in [5, 5.41) is 12.0. The van der Waals surface area contributed by atoms with E-state index < -0.39 is 17.8 Å². The number of rotatable bonds is 4. The zero-order valence-electron chi connectivity index (χ0n) is 15.8. The number of benzene rings is 2. The van der Waals surface area contributed by atoms with Crippen LogP contribution in [0.5, 0.6) is 0 Å². The van der Waals surface area contributed by atoms with Crippen molar-refractivity contribution in [3.8, 4) is 0 Å². The fraction of sp³-hybridized carbons (Fsp3) is 0.182. The van der Waals surface area contributed by atoms with Crippen LogP contribution in [-0.2, 0) is 16.1 Å². The largest absolute Gasteiger partial charge is 0.481 e. The highest BCUT2D eigenvalue weighted by Gasteiger charge is 2.23. The Kier molecular flexibility index (Phi) is 4.72. The van der Waals surface area contributed by atoms with Crippen LogP contribution in [0.4, 0.5) is 5.69 Å². The first kappa shape index (κ1) is 18.6. The van der Waals surface area contributed by atoms with Gasteiger partial charge in [0.05, 0.1) is 10.9 Å². The number of carbonyl (C=O) groups is 2. The standard InChI is InChI=1S/C22H19N3O4/c1-13(22(28)29)20(26)23-16-7-8-17-18(12-16)24-19-15(9-10-25(19)21(17)27)11-14-5-3-2-4-6-14/h2-8,11-13H,9-10H2,1H3,(H,23,26)(H,28,29). The van der Waals surface area contributed by atoms with Gasteiger partial charge in [0.2, 0.25) is 5.91 Å². The summed E-state index contributed by atoms with van der Waals surface area (Å²) in [4.78, 5) is 40.5. The number of carboxylic acids is 1. The number of fused-ring (bicyclic) bond motifs is 2. The molecule has 1 unspecified atom stereocenters. The third-order valence-electron chi connectivity index (χ3n) is 5.02. The molecule has 0 saturated carbocycles. The summed E-state index contributed by atoms with van der Waals surface area (Å²) < 4.78 is 1.67. The molecule has 2 heterocycles. The Morgan fingerprint density at radius 1 is 1.21 bits per heavy atom. The van der Waals surface area contributed by atoms with Crippen LogP contribution in [0.3, 0.4) is 0 Å². The van der Waals surface area contributed by atoms with E-state index in [0.29, 0.717) is 35.4 Å². The highest BCUT2D eigenvalue weighted by Crippen LogP contribution is 2.28. The number of amides is 1. The molecule has 0 bridgehead atoms. The molecule has 3 aromatic rings. The first-order valence-corrected chi connectivity index (χ1v) is 9.28. The van der Waals surface area contributed by atoms with Gasteiger partial charge in [-0.2, -0.15) is 0 Å². The molecular weight excluding hydrogens is 370 g/mol. The summed E-state index contributed by atoms with van der Waals surface area (Å²) in [5.41, 5.74) is 2.75. The molecule has 146 valence electrons. The molecule has 2 aromatic carbocycles. The number of allylic oxidation sites excluding steroid dienone is 1. The number of aromatic nitrogens is 2. The van der Waals surface area contributed by atoms with Crippen LogP contribution in [0, 0.1) is 5.92 Å². The number of nitrogens with one attached hydrogen (secondary N) is 1. The normalized spacial score (nSPS) is 15.3. The molecule has 0 spiro atoms. The Balaban J connectivity index is 1.74. The van der Waals surface area contributed by atoms with Gasteiger partial charge in [0.15, 0.2) is 0 Å². The molecule has 1 aromatic heterocycles. The maximum absolute atomic E-state index is 12.9. The zero-order valence-corrected chi connectivity index (χ0v) is 15.8. The Morgan fingerprint density at radius 3 is 2.69 bits per heavy atom. The summed E-state index contributed by atoms with van der Waals surface area (Å²) >= 11 is 0. The van der Waals surface area contributed by atoms with Crippen LogP contribution in [0.1, 0.15) is 24.7 Å². The van der Waals surface area contributed by atoms with Crippen molar-refractivity contribution in [3.63, 3.8) is 0 Å². The average Bonchev–Trinajstić information content (AvgIpc) is 3.11. The Labute approximate surface area is 166 Å². The Bertz CT molecular complexity index is 1210. The van der Waals surface area contributed by atoms with Crippen molar-refractivity contribution >= 4 is 40.1 Å². The minimum Gasteiger partial charge on any atom is -0.481 e. The van der Waals surface area contributed by atoms with Crippen LogP contribution < -0.4 is 10.9 Å². The van der Waals surface area contributed by atoms with E-state index in [4.69, 9.17) is 5.11 Å². The van der Waals surface area contributed by atoms with Crippen molar-refractivity contribution in [3.05, 3.63) is 70.3 Å². The molecule has 1 amide bonds. The van der Waals surface area contributed by atoms with Gasteiger partial charge in [0, 0.05) is 12.2 Å². The lowest BCUT2D eigenvalue weighted by atomic mass is 10.1. The highest BCUT2D eigenvalue weighted by molar-refractivity contribution is 6.04. The second-order valence-electron chi connectivity index (χ2n) is 7.00. The van der Waals surface area contributed by atoms with Gasteiger partial charge in [0.25, 0.3) is 5.56 Å². The molecule has 0 saturated heterocycles. The third kappa shape index (κ3) is 3.54. The minimum atomic E-state index is -1.20. The van der Waals surface area contributed by atoms with Crippen molar-refractivity contribution in [2.45, 2.75) is 19.9 Å². The molecule has 0 fully saturated rings. The van der Waals surface area contributed by atoms with Crippen LogP contribution in [-0.4, -0.2) is 26.5 Å². The van der Waals surface area contributed by atoms with Crippen molar-refractivity contribution in [2.24, 2.45) is 5.92 Å². The van der Waals surface area contributed by atoms with Crippen LogP contribution in [0.2, 0.25) is 0 Å². The van der Waals surface area contributed by atoms with Crippen molar-refractivity contribution in [1.29, 1.82) is 0 Å².